The molecule has 3 aromatic rings. The number of thiazole rings is 1. The Morgan fingerprint density at radius 1 is 1.18 bits per heavy atom. The van der Waals surface area contributed by atoms with Crippen molar-refractivity contribution in [2.75, 3.05) is 13.2 Å². The molecule has 3 heterocycles. The number of hydrogen-bond donors (Lipinski definition) is 1. The maximum absolute atomic E-state index is 13.0. The Bertz CT molecular complexity index is 1310. The highest BCUT2D eigenvalue weighted by atomic mass is 32.1. The average molecular weight is 459 g/mol. The van der Waals surface area contributed by atoms with Crippen molar-refractivity contribution in [2.45, 2.75) is 19.8 Å². The third kappa shape index (κ3) is 3.74. The summed E-state index contributed by atoms with van der Waals surface area (Å²) in [7, 11) is 0. The van der Waals surface area contributed by atoms with Gasteiger partial charge in [-0.3, -0.25) is 0 Å². The van der Waals surface area contributed by atoms with Crippen molar-refractivity contribution in [3.63, 3.8) is 0 Å². The maximum Gasteiger partial charge on any atom is 0.337 e. The minimum atomic E-state index is -0.601. The molecule has 0 saturated heterocycles. The van der Waals surface area contributed by atoms with Crippen LogP contribution in [0.15, 0.2) is 82.5 Å². The van der Waals surface area contributed by atoms with E-state index in [1.807, 2.05) is 66.9 Å². The van der Waals surface area contributed by atoms with Gasteiger partial charge in [-0.2, -0.15) is 0 Å². The number of cyclic esters (lactones) is 1. The van der Waals surface area contributed by atoms with Crippen molar-refractivity contribution in [3.05, 3.63) is 88.1 Å². The van der Waals surface area contributed by atoms with E-state index in [0.717, 1.165) is 27.4 Å². The van der Waals surface area contributed by atoms with Gasteiger partial charge in [0, 0.05) is 22.2 Å². The fourth-order valence-electron chi connectivity index (χ4n) is 4.34. The van der Waals surface area contributed by atoms with Crippen LogP contribution < -0.4 is 5.32 Å². The zero-order valence-electron chi connectivity index (χ0n) is 18.3. The maximum atomic E-state index is 13.0. The number of nitrogens with zero attached hydrogens (tertiary/aromatic N) is 1. The molecule has 0 fully saturated rings. The van der Waals surface area contributed by atoms with Crippen molar-refractivity contribution >= 4 is 23.3 Å². The number of carbonyl (C=O) groups is 2. The third-order valence-corrected chi connectivity index (χ3v) is 6.66. The lowest BCUT2D eigenvalue weighted by atomic mass is 9.79. The number of allylic oxidation sites excluding steroid dienone is 1. The second-order valence-corrected chi connectivity index (χ2v) is 8.63. The molecule has 1 N–H and O–H groups in total. The molecule has 2 aliphatic rings. The molecule has 1 unspecified atom stereocenters. The molecule has 0 amide bonds. The molecule has 166 valence electrons. The topological polar surface area (TPSA) is 77.5 Å². The van der Waals surface area contributed by atoms with Crippen LogP contribution in [-0.4, -0.2) is 30.1 Å². The summed E-state index contributed by atoms with van der Waals surface area (Å²) >= 11 is 1.53. The number of ether oxygens (including phenoxy) is 2. The van der Waals surface area contributed by atoms with Gasteiger partial charge in [-0.15, -0.1) is 11.3 Å². The lowest BCUT2D eigenvalue weighted by Gasteiger charge is -2.28. The van der Waals surface area contributed by atoms with Gasteiger partial charge in [0.15, 0.2) is 0 Å². The number of aromatic nitrogens is 1. The Morgan fingerprint density at radius 2 is 1.94 bits per heavy atom. The van der Waals surface area contributed by atoms with E-state index in [9.17, 15) is 9.59 Å². The molecule has 5 rings (SSSR count). The van der Waals surface area contributed by atoms with Crippen LogP contribution in [0.3, 0.4) is 0 Å². The zero-order valence-corrected chi connectivity index (χ0v) is 19.1. The van der Waals surface area contributed by atoms with Crippen LogP contribution in [0.2, 0.25) is 0 Å². The molecule has 0 saturated carbocycles. The number of nitrogens with one attached hydrogen (secondary N) is 1. The smallest absolute Gasteiger partial charge is 0.337 e. The van der Waals surface area contributed by atoms with E-state index >= 15 is 0 Å². The average Bonchev–Trinajstić information content (AvgIpc) is 3.46. The van der Waals surface area contributed by atoms with E-state index in [1.165, 1.54) is 11.3 Å². The van der Waals surface area contributed by atoms with Crippen LogP contribution in [0, 0.1) is 0 Å². The molecule has 2 aliphatic heterocycles. The summed E-state index contributed by atoms with van der Waals surface area (Å²) in [5, 5.41) is 6.02. The van der Waals surface area contributed by atoms with Gasteiger partial charge in [-0.1, -0.05) is 54.6 Å². The highest BCUT2D eigenvalue weighted by Gasteiger charge is 2.42. The minimum absolute atomic E-state index is 0.162. The first-order valence-corrected chi connectivity index (χ1v) is 11.6. The summed E-state index contributed by atoms with van der Waals surface area (Å²) in [4.78, 5) is 30.6. The summed E-state index contributed by atoms with van der Waals surface area (Å²) in [6.07, 6.45) is 0. The second-order valence-electron chi connectivity index (χ2n) is 7.78. The van der Waals surface area contributed by atoms with Crippen LogP contribution in [0.4, 0.5) is 0 Å². The first kappa shape index (κ1) is 21.2. The lowest BCUT2D eigenvalue weighted by Crippen LogP contribution is -2.30. The molecular weight excluding hydrogens is 436 g/mol. The Balaban J connectivity index is 1.65. The van der Waals surface area contributed by atoms with Gasteiger partial charge in [0.05, 0.1) is 35.1 Å². The Hall–Kier alpha value is -3.71. The van der Waals surface area contributed by atoms with E-state index in [2.05, 4.69) is 5.32 Å². The van der Waals surface area contributed by atoms with Crippen LogP contribution in [0.1, 0.15) is 25.3 Å². The summed E-state index contributed by atoms with van der Waals surface area (Å²) in [5.41, 5.74) is 5.83. The number of dihydropyridines is 1. The molecule has 0 aliphatic carbocycles. The van der Waals surface area contributed by atoms with Crippen LogP contribution >= 0.6 is 11.3 Å². The monoisotopic (exact) mass is 458 g/mol. The highest BCUT2D eigenvalue weighted by molar-refractivity contribution is 7.13. The summed E-state index contributed by atoms with van der Waals surface area (Å²) in [6, 6.07) is 17.7. The van der Waals surface area contributed by atoms with Gasteiger partial charge in [0.1, 0.15) is 11.6 Å². The lowest BCUT2D eigenvalue weighted by molar-refractivity contribution is -0.138. The van der Waals surface area contributed by atoms with E-state index < -0.39 is 17.9 Å². The van der Waals surface area contributed by atoms with Crippen LogP contribution in [-0.2, 0) is 19.1 Å². The van der Waals surface area contributed by atoms with E-state index in [4.69, 9.17) is 14.5 Å². The Labute approximate surface area is 195 Å². The number of esters is 2. The van der Waals surface area contributed by atoms with Gasteiger partial charge in [-0.05, 0) is 19.4 Å². The summed E-state index contributed by atoms with van der Waals surface area (Å²) in [6.45, 7) is 4.00. The van der Waals surface area contributed by atoms with Crippen molar-refractivity contribution in [3.8, 4) is 21.8 Å². The fourth-order valence-corrected chi connectivity index (χ4v) is 5.22. The normalized spacial score (nSPS) is 17.5. The standard InChI is InChI=1S/C26H22N2O4S/c1-3-31-25(29)21-15(2)27-19-13-32-26(30)23(19)22(21)17-11-7-8-12-18(17)24-28-20(14-33-24)16-9-5-4-6-10-16/h4-12,14,22,27H,3,13H2,1-2H3. The highest BCUT2D eigenvalue weighted by Crippen LogP contribution is 2.45. The Kier molecular flexibility index (Phi) is 5.56. The van der Waals surface area contributed by atoms with Gasteiger partial charge in [-0.25, -0.2) is 14.6 Å². The third-order valence-electron chi connectivity index (χ3n) is 5.78. The van der Waals surface area contributed by atoms with E-state index in [-0.39, 0.29) is 13.2 Å². The summed E-state index contributed by atoms with van der Waals surface area (Å²) in [5.74, 6) is -1.47. The zero-order chi connectivity index (χ0) is 22.9. The molecule has 1 aromatic heterocycles. The minimum Gasteiger partial charge on any atom is -0.463 e. The first-order valence-electron chi connectivity index (χ1n) is 10.7. The number of hydrogen-bond acceptors (Lipinski definition) is 7. The van der Waals surface area contributed by atoms with Gasteiger partial charge >= 0.3 is 11.9 Å². The SMILES string of the molecule is CCOC(=O)C1=C(C)NC2=C(C(=O)OC2)C1c1ccccc1-c1nc(-c2ccccc2)cs1. The quantitative estimate of drug-likeness (QED) is 0.553. The van der Waals surface area contributed by atoms with Gasteiger partial charge < -0.3 is 14.8 Å². The number of rotatable bonds is 5. The van der Waals surface area contributed by atoms with E-state index in [1.54, 1.807) is 6.92 Å². The van der Waals surface area contributed by atoms with Crippen molar-refractivity contribution in [1.82, 2.24) is 10.3 Å². The predicted octanol–water partition coefficient (Wildman–Crippen LogP) is 4.81. The molecule has 2 aromatic carbocycles. The Morgan fingerprint density at radius 3 is 2.73 bits per heavy atom. The molecule has 33 heavy (non-hydrogen) atoms. The van der Waals surface area contributed by atoms with Crippen molar-refractivity contribution < 1.29 is 19.1 Å². The molecule has 0 spiro atoms. The number of carbonyl (C=O) groups excluding carboxylic acids is 2. The molecule has 6 nitrogen and oxygen atoms in total. The van der Waals surface area contributed by atoms with Gasteiger partial charge in [0.2, 0.25) is 0 Å². The molecule has 7 heteroatoms. The molecule has 1 atom stereocenters. The van der Waals surface area contributed by atoms with Crippen molar-refractivity contribution in [1.29, 1.82) is 0 Å². The van der Waals surface area contributed by atoms with Crippen LogP contribution in [0.5, 0.6) is 0 Å². The molecular formula is C26H22N2O4S. The van der Waals surface area contributed by atoms with Crippen molar-refractivity contribution in [2.24, 2.45) is 0 Å². The molecule has 0 bridgehead atoms. The molecule has 0 radical (unpaired) electrons. The number of benzene rings is 2. The van der Waals surface area contributed by atoms with Gasteiger partial charge in [0.25, 0.3) is 0 Å². The first-order chi connectivity index (χ1) is 16.1. The second kappa shape index (κ2) is 8.67. The van der Waals surface area contributed by atoms with E-state index in [0.29, 0.717) is 22.5 Å². The predicted molar refractivity (Wildman–Crippen MR) is 126 cm³/mol. The summed E-state index contributed by atoms with van der Waals surface area (Å²) < 4.78 is 10.7. The fraction of sp³-hybridized carbons (Fsp3) is 0.192. The largest absolute Gasteiger partial charge is 0.463 e. The van der Waals surface area contributed by atoms with Crippen LogP contribution in [0.25, 0.3) is 21.8 Å².